The van der Waals surface area contributed by atoms with E-state index in [2.05, 4.69) is 15.2 Å². The minimum atomic E-state index is 0.119. The van der Waals surface area contributed by atoms with Crippen LogP contribution in [0.25, 0.3) is 11.4 Å². The Bertz CT molecular complexity index is 761. The molecule has 1 aliphatic carbocycles. The summed E-state index contributed by atoms with van der Waals surface area (Å²) in [5, 5.41) is 8.22. The fourth-order valence-electron chi connectivity index (χ4n) is 3.20. The monoisotopic (exact) mass is 394 g/mol. The number of benzene rings is 1. The van der Waals surface area contributed by atoms with Gasteiger partial charge in [0.15, 0.2) is 5.82 Å². The van der Waals surface area contributed by atoms with Gasteiger partial charge in [-0.05, 0) is 31.0 Å². The Morgan fingerprint density at radius 3 is 2.88 bits per heavy atom. The number of hydrogen-bond donors (Lipinski definition) is 1. The molecule has 140 valence electrons. The van der Waals surface area contributed by atoms with Crippen molar-refractivity contribution in [3.8, 4) is 17.1 Å². The number of aromatic amines is 1. The molecular formula is C18H23ClN4O2S. The lowest BCUT2D eigenvalue weighted by molar-refractivity contribution is -0.129. The van der Waals surface area contributed by atoms with Crippen molar-refractivity contribution in [1.82, 2.24) is 20.1 Å². The Morgan fingerprint density at radius 1 is 1.38 bits per heavy atom. The van der Waals surface area contributed by atoms with Gasteiger partial charge in [0.05, 0.1) is 18.4 Å². The Balaban J connectivity index is 1.62. The number of thioether (sulfide) groups is 1. The highest BCUT2D eigenvalue weighted by atomic mass is 35.5. The number of hydrogen-bond acceptors (Lipinski definition) is 5. The summed E-state index contributed by atoms with van der Waals surface area (Å²) in [4.78, 5) is 18.8. The van der Waals surface area contributed by atoms with Gasteiger partial charge >= 0.3 is 0 Å². The molecule has 1 heterocycles. The van der Waals surface area contributed by atoms with Crippen molar-refractivity contribution in [1.29, 1.82) is 0 Å². The topological polar surface area (TPSA) is 71.1 Å². The fourth-order valence-corrected chi connectivity index (χ4v) is 4.09. The van der Waals surface area contributed by atoms with Gasteiger partial charge in [-0.15, -0.1) is 5.10 Å². The van der Waals surface area contributed by atoms with Gasteiger partial charge in [-0.3, -0.25) is 9.89 Å². The molecule has 0 spiro atoms. The van der Waals surface area contributed by atoms with Crippen molar-refractivity contribution in [2.75, 3.05) is 19.9 Å². The number of amides is 1. The third-order valence-electron chi connectivity index (χ3n) is 4.72. The highest BCUT2D eigenvalue weighted by Gasteiger charge is 2.22. The maximum Gasteiger partial charge on any atom is 0.233 e. The summed E-state index contributed by atoms with van der Waals surface area (Å²) in [7, 11) is 3.50. The van der Waals surface area contributed by atoms with Crippen LogP contribution in [0.3, 0.4) is 0 Å². The molecule has 0 aliphatic heterocycles. The number of nitrogens with zero attached hydrogens (tertiary/aromatic N) is 3. The second-order valence-corrected chi connectivity index (χ2v) is 7.78. The maximum absolute atomic E-state index is 12.4. The molecule has 0 bridgehead atoms. The number of ether oxygens (including phenoxy) is 1. The van der Waals surface area contributed by atoms with Gasteiger partial charge in [0.2, 0.25) is 11.1 Å². The second kappa shape index (κ2) is 8.77. The van der Waals surface area contributed by atoms with Gasteiger partial charge in [0, 0.05) is 18.1 Å². The zero-order chi connectivity index (χ0) is 18.5. The van der Waals surface area contributed by atoms with Gasteiger partial charge in [-0.25, -0.2) is 4.98 Å². The van der Waals surface area contributed by atoms with Crippen LogP contribution in [0.1, 0.15) is 32.1 Å². The van der Waals surface area contributed by atoms with Crippen molar-refractivity contribution >= 4 is 29.3 Å². The van der Waals surface area contributed by atoms with Crippen LogP contribution < -0.4 is 4.74 Å². The molecule has 0 atom stereocenters. The molecular weight excluding hydrogens is 372 g/mol. The molecule has 0 unspecified atom stereocenters. The summed E-state index contributed by atoms with van der Waals surface area (Å²) in [6, 6.07) is 5.69. The average molecular weight is 395 g/mol. The van der Waals surface area contributed by atoms with Crippen LogP contribution in [0.5, 0.6) is 5.75 Å². The summed E-state index contributed by atoms with van der Waals surface area (Å²) in [5.74, 6) is 1.68. The van der Waals surface area contributed by atoms with Gasteiger partial charge in [-0.1, -0.05) is 42.6 Å². The van der Waals surface area contributed by atoms with Crippen LogP contribution >= 0.6 is 23.4 Å². The molecule has 0 radical (unpaired) electrons. The average Bonchev–Trinajstić information content (AvgIpc) is 3.15. The Labute approximate surface area is 162 Å². The number of nitrogens with one attached hydrogen (secondary N) is 1. The summed E-state index contributed by atoms with van der Waals surface area (Å²) >= 11 is 7.40. The largest absolute Gasteiger partial charge is 0.496 e. The van der Waals surface area contributed by atoms with Gasteiger partial charge in [-0.2, -0.15) is 0 Å². The molecule has 1 fully saturated rings. The molecule has 1 aromatic heterocycles. The van der Waals surface area contributed by atoms with E-state index < -0.39 is 0 Å². The first-order valence-electron chi connectivity index (χ1n) is 8.73. The van der Waals surface area contributed by atoms with E-state index in [-0.39, 0.29) is 5.91 Å². The molecule has 6 nitrogen and oxygen atoms in total. The van der Waals surface area contributed by atoms with Crippen LogP contribution in [0.15, 0.2) is 23.4 Å². The number of H-pyrrole nitrogens is 1. The lowest BCUT2D eigenvalue weighted by Crippen LogP contribution is -2.39. The van der Waals surface area contributed by atoms with Crippen LogP contribution in [-0.2, 0) is 4.79 Å². The lowest BCUT2D eigenvalue weighted by atomic mass is 9.94. The normalized spacial score (nSPS) is 15.0. The predicted molar refractivity (Wildman–Crippen MR) is 104 cm³/mol. The third kappa shape index (κ3) is 4.51. The quantitative estimate of drug-likeness (QED) is 0.749. The van der Waals surface area contributed by atoms with E-state index >= 15 is 0 Å². The van der Waals surface area contributed by atoms with Crippen molar-refractivity contribution < 1.29 is 9.53 Å². The second-order valence-electron chi connectivity index (χ2n) is 6.40. The molecule has 1 aromatic carbocycles. The van der Waals surface area contributed by atoms with E-state index in [4.69, 9.17) is 16.3 Å². The van der Waals surface area contributed by atoms with Crippen LogP contribution in [0, 0.1) is 0 Å². The highest BCUT2D eigenvalue weighted by Crippen LogP contribution is 2.31. The van der Waals surface area contributed by atoms with Crippen molar-refractivity contribution in [2.45, 2.75) is 43.3 Å². The zero-order valence-electron chi connectivity index (χ0n) is 15.0. The smallest absolute Gasteiger partial charge is 0.233 e. The Kier molecular flexibility index (Phi) is 6.43. The first kappa shape index (κ1) is 19.0. The number of carbonyl (C=O) groups is 1. The molecule has 0 saturated heterocycles. The Hall–Kier alpha value is -1.73. The SMILES string of the molecule is COc1ccc(Cl)cc1-c1nc(SCC(=O)N(C)C2CCCCC2)n[nH]1. The van der Waals surface area contributed by atoms with Crippen molar-refractivity contribution in [3.05, 3.63) is 23.2 Å². The summed E-state index contributed by atoms with van der Waals surface area (Å²) in [5.41, 5.74) is 0.741. The zero-order valence-corrected chi connectivity index (χ0v) is 16.6. The highest BCUT2D eigenvalue weighted by molar-refractivity contribution is 7.99. The number of aromatic nitrogens is 3. The number of rotatable bonds is 6. The predicted octanol–water partition coefficient (Wildman–Crippen LogP) is 4.02. The molecule has 1 amide bonds. The van der Waals surface area contributed by atoms with Crippen LogP contribution in [-0.4, -0.2) is 51.9 Å². The summed E-state index contributed by atoms with van der Waals surface area (Å²) < 4.78 is 5.35. The fraction of sp³-hybridized carbons (Fsp3) is 0.500. The van der Waals surface area contributed by atoms with Gasteiger partial charge < -0.3 is 9.64 Å². The molecule has 1 N–H and O–H groups in total. The molecule has 3 rings (SSSR count). The number of carbonyl (C=O) groups excluding carboxylic acids is 1. The van der Waals surface area contributed by atoms with E-state index in [1.807, 2.05) is 11.9 Å². The molecule has 8 heteroatoms. The lowest BCUT2D eigenvalue weighted by Gasteiger charge is -2.31. The molecule has 1 saturated carbocycles. The molecule has 2 aromatic rings. The van der Waals surface area contributed by atoms with Gasteiger partial charge in [0.1, 0.15) is 5.75 Å². The van der Waals surface area contributed by atoms with Gasteiger partial charge in [0.25, 0.3) is 0 Å². The minimum Gasteiger partial charge on any atom is -0.496 e. The van der Waals surface area contributed by atoms with E-state index in [9.17, 15) is 4.79 Å². The van der Waals surface area contributed by atoms with E-state index in [1.54, 1.807) is 25.3 Å². The maximum atomic E-state index is 12.4. The summed E-state index contributed by atoms with van der Waals surface area (Å²) in [6.07, 6.45) is 5.90. The standard InChI is InChI=1S/C18H23ClN4O2S/c1-23(13-6-4-3-5-7-13)16(24)11-26-18-20-17(21-22-18)14-10-12(19)8-9-15(14)25-2/h8-10,13H,3-7,11H2,1-2H3,(H,20,21,22). The van der Waals surface area contributed by atoms with Crippen LogP contribution in [0.2, 0.25) is 5.02 Å². The first-order chi connectivity index (χ1) is 12.6. The van der Waals surface area contributed by atoms with E-state index in [0.717, 1.165) is 18.4 Å². The minimum absolute atomic E-state index is 0.119. The molecule has 1 aliphatic rings. The molecule has 26 heavy (non-hydrogen) atoms. The third-order valence-corrected chi connectivity index (χ3v) is 5.79. The van der Waals surface area contributed by atoms with E-state index in [1.165, 1.54) is 31.0 Å². The first-order valence-corrected chi connectivity index (χ1v) is 10.1. The number of halogens is 1. The van der Waals surface area contributed by atoms with Crippen molar-refractivity contribution in [2.24, 2.45) is 0 Å². The van der Waals surface area contributed by atoms with Crippen molar-refractivity contribution in [3.63, 3.8) is 0 Å². The Morgan fingerprint density at radius 2 is 2.15 bits per heavy atom. The number of methoxy groups -OCH3 is 1. The summed E-state index contributed by atoms with van der Waals surface area (Å²) in [6.45, 7) is 0. The van der Waals surface area contributed by atoms with Crippen LogP contribution in [0.4, 0.5) is 0 Å². The van der Waals surface area contributed by atoms with E-state index in [0.29, 0.717) is 33.5 Å².